The maximum absolute atomic E-state index is 9.21. The summed E-state index contributed by atoms with van der Waals surface area (Å²) in [6, 6.07) is 7.76. The summed E-state index contributed by atoms with van der Waals surface area (Å²) < 4.78 is 1.62. The number of nitrogens with zero attached hydrogens (tertiary/aromatic N) is 3. The van der Waals surface area contributed by atoms with Crippen LogP contribution in [-0.2, 0) is 6.61 Å². The van der Waals surface area contributed by atoms with Crippen molar-refractivity contribution in [3.63, 3.8) is 0 Å². The van der Waals surface area contributed by atoms with Crippen molar-refractivity contribution in [1.29, 1.82) is 0 Å². The first kappa shape index (κ1) is 13.1. The Hall–Kier alpha value is -1.91. The quantitative estimate of drug-likeness (QED) is 0.788. The van der Waals surface area contributed by atoms with Crippen molar-refractivity contribution in [2.24, 2.45) is 0 Å². The molecule has 0 bridgehead atoms. The molecule has 0 fully saturated rings. The second-order valence-electron chi connectivity index (χ2n) is 4.81. The summed E-state index contributed by atoms with van der Waals surface area (Å²) in [5, 5.41) is 14.2. The molecule has 2 heterocycles. The Morgan fingerprint density at radius 3 is 2.85 bits per heavy atom. The summed E-state index contributed by atoms with van der Waals surface area (Å²) in [6.07, 6.45) is 1.74. The summed E-state index contributed by atoms with van der Waals surface area (Å²) >= 11 is 6.18. The van der Waals surface area contributed by atoms with E-state index in [1.54, 1.807) is 16.8 Å². The van der Waals surface area contributed by atoms with E-state index in [1.807, 2.05) is 12.1 Å². The van der Waals surface area contributed by atoms with Gasteiger partial charge < -0.3 is 5.11 Å². The van der Waals surface area contributed by atoms with E-state index < -0.39 is 0 Å². The zero-order valence-corrected chi connectivity index (χ0v) is 12.0. The maximum Gasteiger partial charge on any atom is 0.182 e. The molecule has 5 heteroatoms. The molecule has 0 amide bonds. The summed E-state index contributed by atoms with van der Waals surface area (Å²) in [7, 11) is 0. The van der Waals surface area contributed by atoms with Gasteiger partial charge in [-0.25, -0.2) is 9.50 Å². The van der Waals surface area contributed by atoms with E-state index in [-0.39, 0.29) is 6.61 Å². The molecule has 4 nitrogen and oxygen atoms in total. The van der Waals surface area contributed by atoms with Gasteiger partial charge in [-0.05, 0) is 36.6 Å². The number of aliphatic hydroxyl groups is 1. The molecule has 0 atom stereocenters. The largest absolute Gasteiger partial charge is 0.392 e. The molecule has 0 aliphatic carbocycles. The maximum atomic E-state index is 9.21. The summed E-state index contributed by atoms with van der Waals surface area (Å²) in [5.41, 5.74) is 4.65. The summed E-state index contributed by atoms with van der Waals surface area (Å²) in [4.78, 5) is 4.50. The lowest BCUT2D eigenvalue weighted by Gasteiger charge is -2.03. The third-order valence-corrected chi connectivity index (χ3v) is 3.75. The van der Waals surface area contributed by atoms with Crippen LogP contribution in [0.5, 0.6) is 0 Å². The number of benzene rings is 1. The van der Waals surface area contributed by atoms with Crippen LogP contribution in [0.2, 0.25) is 5.02 Å². The Labute approximate surface area is 121 Å². The highest BCUT2D eigenvalue weighted by molar-refractivity contribution is 6.33. The number of halogens is 1. The Morgan fingerprint density at radius 1 is 1.30 bits per heavy atom. The van der Waals surface area contributed by atoms with Crippen molar-refractivity contribution in [1.82, 2.24) is 14.6 Å². The fourth-order valence-corrected chi connectivity index (χ4v) is 2.46. The minimum absolute atomic E-state index is 0.0751. The van der Waals surface area contributed by atoms with E-state index in [2.05, 4.69) is 30.0 Å². The van der Waals surface area contributed by atoms with E-state index in [0.717, 1.165) is 11.1 Å². The Kier molecular flexibility index (Phi) is 3.20. The van der Waals surface area contributed by atoms with E-state index >= 15 is 0 Å². The van der Waals surface area contributed by atoms with Crippen LogP contribution >= 0.6 is 11.6 Å². The molecule has 0 spiro atoms. The number of aromatic nitrogens is 3. The average Bonchev–Trinajstić information content (AvgIpc) is 2.86. The van der Waals surface area contributed by atoms with Gasteiger partial charge in [0.25, 0.3) is 0 Å². The highest BCUT2D eigenvalue weighted by Gasteiger charge is 2.12. The Bertz CT molecular complexity index is 795. The van der Waals surface area contributed by atoms with Gasteiger partial charge in [-0.2, -0.15) is 0 Å². The number of hydrogen-bond donors (Lipinski definition) is 1. The molecular weight excluding hydrogens is 274 g/mol. The lowest BCUT2D eigenvalue weighted by molar-refractivity contribution is 0.281. The standard InChI is InChI=1S/C15H14ClN3O/c1-9-4-3-5-12(10(9)2)14-17-15-13(16)6-11(8-20)7-19(15)18-14/h3-7,20H,8H2,1-2H3. The van der Waals surface area contributed by atoms with Gasteiger partial charge >= 0.3 is 0 Å². The van der Waals surface area contributed by atoms with Crippen LogP contribution in [-0.4, -0.2) is 19.7 Å². The zero-order valence-electron chi connectivity index (χ0n) is 11.3. The van der Waals surface area contributed by atoms with Crippen LogP contribution in [0.25, 0.3) is 17.0 Å². The van der Waals surface area contributed by atoms with Gasteiger partial charge in [-0.1, -0.05) is 29.8 Å². The van der Waals surface area contributed by atoms with Crippen molar-refractivity contribution >= 4 is 17.2 Å². The van der Waals surface area contributed by atoms with E-state index in [1.165, 1.54) is 5.56 Å². The van der Waals surface area contributed by atoms with Crippen LogP contribution in [0.4, 0.5) is 0 Å². The monoisotopic (exact) mass is 287 g/mol. The Balaban J connectivity index is 2.23. The van der Waals surface area contributed by atoms with Crippen LogP contribution < -0.4 is 0 Å². The third kappa shape index (κ3) is 2.07. The molecule has 0 unspecified atom stereocenters. The number of hydrogen-bond acceptors (Lipinski definition) is 3. The number of aryl methyl sites for hydroxylation is 1. The fraction of sp³-hybridized carbons (Fsp3) is 0.200. The van der Waals surface area contributed by atoms with Gasteiger partial charge in [-0.3, -0.25) is 0 Å². The number of fused-ring (bicyclic) bond motifs is 1. The van der Waals surface area contributed by atoms with Gasteiger partial charge in [0.2, 0.25) is 0 Å². The number of aliphatic hydroxyl groups excluding tert-OH is 1. The highest BCUT2D eigenvalue weighted by atomic mass is 35.5. The molecule has 0 saturated carbocycles. The zero-order chi connectivity index (χ0) is 14.3. The van der Waals surface area contributed by atoms with Gasteiger partial charge in [0.1, 0.15) is 0 Å². The molecule has 1 N–H and O–H groups in total. The van der Waals surface area contributed by atoms with Crippen LogP contribution in [0.1, 0.15) is 16.7 Å². The summed E-state index contributed by atoms with van der Waals surface area (Å²) in [6.45, 7) is 4.04. The second kappa shape index (κ2) is 4.89. The minimum atomic E-state index is -0.0751. The predicted molar refractivity (Wildman–Crippen MR) is 78.8 cm³/mol. The van der Waals surface area contributed by atoms with E-state index in [9.17, 15) is 5.11 Å². The van der Waals surface area contributed by atoms with Gasteiger partial charge in [0.15, 0.2) is 11.5 Å². The molecule has 3 aromatic rings. The molecule has 1 aromatic carbocycles. The molecule has 0 radical (unpaired) electrons. The van der Waals surface area contributed by atoms with Crippen LogP contribution in [0.15, 0.2) is 30.5 Å². The molecular formula is C15H14ClN3O. The van der Waals surface area contributed by atoms with Crippen molar-refractivity contribution in [3.8, 4) is 11.4 Å². The fourth-order valence-electron chi connectivity index (χ4n) is 2.19. The van der Waals surface area contributed by atoms with Crippen molar-refractivity contribution in [2.75, 3.05) is 0 Å². The number of pyridine rings is 1. The van der Waals surface area contributed by atoms with Crippen molar-refractivity contribution in [3.05, 3.63) is 52.2 Å². The van der Waals surface area contributed by atoms with Crippen LogP contribution in [0.3, 0.4) is 0 Å². The smallest absolute Gasteiger partial charge is 0.182 e. The van der Waals surface area contributed by atoms with Crippen molar-refractivity contribution < 1.29 is 5.11 Å². The lowest BCUT2D eigenvalue weighted by Crippen LogP contribution is -1.93. The van der Waals surface area contributed by atoms with E-state index in [0.29, 0.717) is 22.1 Å². The first-order chi connectivity index (χ1) is 9.60. The SMILES string of the molecule is Cc1cccc(-c2nc3c(Cl)cc(CO)cn3n2)c1C. The molecule has 102 valence electrons. The van der Waals surface area contributed by atoms with Crippen LogP contribution in [0, 0.1) is 13.8 Å². The molecule has 20 heavy (non-hydrogen) atoms. The van der Waals surface area contributed by atoms with E-state index in [4.69, 9.17) is 11.6 Å². The average molecular weight is 288 g/mol. The highest BCUT2D eigenvalue weighted by Crippen LogP contribution is 2.25. The summed E-state index contributed by atoms with van der Waals surface area (Å²) in [5.74, 6) is 0.642. The van der Waals surface area contributed by atoms with Gasteiger partial charge in [0, 0.05) is 11.8 Å². The minimum Gasteiger partial charge on any atom is -0.392 e. The lowest BCUT2D eigenvalue weighted by atomic mass is 10.0. The molecule has 0 aliphatic heterocycles. The first-order valence-corrected chi connectivity index (χ1v) is 6.70. The van der Waals surface area contributed by atoms with Gasteiger partial charge in [-0.15, -0.1) is 5.10 Å². The third-order valence-electron chi connectivity index (χ3n) is 3.47. The second-order valence-corrected chi connectivity index (χ2v) is 5.21. The van der Waals surface area contributed by atoms with Gasteiger partial charge in [0.05, 0.1) is 11.6 Å². The molecule has 3 rings (SSSR count). The first-order valence-electron chi connectivity index (χ1n) is 6.32. The number of rotatable bonds is 2. The Morgan fingerprint density at radius 2 is 2.10 bits per heavy atom. The predicted octanol–water partition coefficient (Wildman–Crippen LogP) is 3.16. The molecule has 0 aliphatic rings. The molecule has 2 aromatic heterocycles. The molecule has 0 saturated heterocycles. The normalized spacial score (nSPS) is 11.2. The topological polar surface area (TPSA) is 50.4 Å². The van der Waals surface area contributed by atoms with Crippen molar-refractivity contribution in [2.45, 2.75) is 20.5 Å².